The second kappa shape index (κ2) is 6.06. The molecule has 0 aromatic heterocycles. The predicted octanol–water partition coefficient (Wildman–Crippen LogP) is 3.61. The van der Waals surface area contributed by atoms with Crippen molar-refractivity contribution in [2.24, 2.45) is 0 Å². The Kier molecular flexibility index (Phi) is 4.20. The summed E-state index contributed by atoms with van der Waals surface area (Å²) in [4.78, 5) is 12.2. The fourth-order valence-corrected chi connectivity index (χ4v) is 1.91. The number of carbonyl (C=O) groups is 1. The van der Waals surface area contributed by atoms with E-state index >= 15 is 0 Å². The van der Waals surface area contributed by atoms with Crippen LogP contribution in [0.5, 0.6) is 11.5 Å². The maximum atomic E-state index is 12.2. The van der Waals surface area contributed by atoms with E-state index in [0.717, 1.165) is 11.1 Å². The molecule has 0 amide bonds. The largest absolute Gasteiger partial charge is 0.504 e. The quantitative estimate of drug-likeness (QED) is 0.680. The van der Waals surface area contributed by atoms with Gasteiger partial charge in [0.25, 0.3) is 0 Å². The number of ketones is 1. The molecular formula is C17H16O3. The minimum atomic E-state index is -0.256. The van der Waals surface area contributed by atoms with Gasteiger partial charge in [0.1, 0.15) is 0 Å². The third-order valence-electron chi connectivity index (χ3n) is 2.93. The molecule has 2 aromatic rings. The number of benzene rings is 2. The second-order valence-corrected chi connectivity index (χ2v) is 4.47. The molecule has 0 aliphatic carbocycles. The average Bonchev–Trinajstić information content (AvgIpc) is 2.47. The van der Waals surface area contributed by atoms with Gasteiger partial charge in [0.05, 0.1) is 12.7 Å². The highest BCUT2D eigenvalue weighted by Crippen LogP contribution is 2.31. The van der Waals surface area contributed by atoms with Gasteiger partial charge in [0, 0.05) is 0 Å². The Balaban J connectivity index is 2.30. The summed E-state index contributed by atoms with van der Waals surface area (Å²) in [7, 11) is 1.46. The average molecular weight is 268 g/mol. The van der Waals surface area contributed by atoms with Crippen LogP contribution in [0, 0.1) is 6.92 Å². The van der Waals surface area contributed by atoms with Crippen molar-refractivity contribution >= 4 is 11.9 Å². The molecule has 0 unspecified atom stereocenters. The van der Waals surface area contributed by atoms with E-state index in [1.807, 2.05) is 37.3 Å². The van der Waals surface area contributed by atoms with Crippen molar-refractivity contribution in [2.45, 2.75) is 6.92 Å². The van der Waals surface area contributed by atoms with Crippen LogP contribution in [-0.4, -0.2) is 18.0 Å². The van der Waals surface area contributed by atoms with Crippen molar-refractivity contribution in [2.75, 3.05) is 7.11 Å². The standard InChI is InChI=1S/C17H16O3/c1-12-10-14(17(19)16(11-12)20-2)15(18)9-8-13-6-4-3-5-7-13/h3-11,19H,1-2H3/b9-8+. The van der Waals surface area contributed by atoms with Crippen molar-refractivity contribution in [3.63, 3.8) is 0 Å². The Morgan fingerprint density at radius 3 is 2.55 bits per heavy atom. The van der Waals surface area contributed by atoms with Gasteiger partial charge in [-0.1, -0.05) is 36.4 Å². The highest BCUT2D eigenvalue weighted by atomic mass is 16.5. The molecule has 0 saturated carbocycles. The van der Waals surface area contributed by atoms with Gasteiger partial charge in [-0.2, -0.15) is 0 Å². The zero-order valence-electron chi connectivity index (χ0n) is 11.5. The van der Waals surface area contributed by atoms with Gasteiger partial charge in [0.2, 0.25) is 0 Å². The van der Waals surface area contributed by atoms with Crippen molar-refractivity contribution in [1.82, 2.24) is 0 Å². The number of carbonyl (C=O) groups excluding carboxylic acids is 1. The van der Waals surface area contributed by atoms with Crippen LogP contribution < -0.4 is 4.74 Å². The summed E-state index contributed by atoms with van der Waals surface area (Å²) in [6.45, 7) is 1.85. The highest BCUT2D eigenvalue weighted by Gasteiger charge is 2.13. The molecule has 102 valence electrons. The van der Waals surface area contributed by atoms with E-state index in [9.17, 15) is 9.90 Å². The van der Waals surface area contributed by atoms with Crippen molar-refractivity contribution in [3.8, 4) is 11.5 Å². The SMILES string of the molecule is COc1cc(C)cc(C(=O)/C=C/c2ccccc2)c1O. The summed E-state index contributed by atoms with van der Waals surface area (Å²) in [6, 6.07) is 12.9. The number of hydrogen-bond donors (Lipinski definition) is 1. The number of phenolic OH excluding ortho intramolecular Hbond substituents is 1. The van der Waals surface area contributed by atoms with E-state index < -0.39 is 0 Å². The molecule has 2 aromatic carbocycles. The highest BCUT2D eigenvalue weighted by molar-refractivity contribution is 6.09. The van der Waals surface area contributed by atoms with Gasteiger partial charge < -0.3 is 9.84 Å². The Morgan fingerprint density at radius 1 is 1.20 bits per heavy atom. The van der Waals surface area contributed by atoms with E-state index in [-0.39, 0.29) is 17.1 Å². The van der Waals surface area contributed by atoms with Crippen LogP contribution in [0.15, 0.2) is 48.5 Å². The van der Waals surface area contributed by atoms with Crippen LogP contribution in [0.1, 0.15) is 21.5 Å². The number of ether oxygens (including phenoxy) is 1. The first kappa shape index (κ1) is 13.9. The van der Waals surface area contributed by atoms with E-state index in [2.05, 4.69) is 0 Å². The summed E-state index contributed by atoms with van der Waals surface area (Å²) in [5.41, 5.74) is 2.03. The Labute approximate surface area is 118 Å². The van der Waals surface area contributed by atoms with Gasteiger partial charge in [0.15, 0.2) is 17.3 Å². The minimum Gasteiger partial charge on any atom is -0.504 e. The number of hydrogen-bond acceptors (Lipinski definition) is 3. The summed E-state index contributed by atoms with van der Waals surface area (Å²) in [5, 5.41) is 10.0. The van der Waals surface area contributed by atoms with Crippen molar-refractivity contribution in [1.29, 1.82) is 0 Å². The maximum absolute atomic E-state index is 12.2. The number of rotatable bonds is 4. The van der Waals surface area contributed by atoms with Gasteiger partial charge in [-0.15, -0.1) is 0 Å². The van der Waals surface area contributed by atoms with E-state index in [1.165, 1.54) is 13.2 Å². The van der Waals surface area contributed by atoms with E-state index in [4.69, 9.17) is 4.74 Å². The lowest BCUT2D eigenvalue weighted by Gasteiger charge is -2.08. The fourth-order valence-electron chi connectivity index (χ4n) is 1.91. The molecule has 1 N–H and O–H groups in total. The van der Waals surface area contributed by atoms with Crippen LogP contribution in [0.2, 0.25) is 0 Å². The zero-order valence-corrected chi connectivity index (χ0v) is 11.5. The second-order valence-electron chi connectivity index (χ2n) is 4.47. The normalized spacial score (nSPS) is 10.7. The molecule has 0 atom stereocenters. The number of aromatic hydroxyl groups is 1. The number of phenols is 1. The third kappa shape index (κ3) is 3.06. The first-order valence-corrected chi connectivity index (χ1v) is 6.27. The number of allylic oxidation sites excluding steroid dienone is 1. The lowest BCUT2D eigenvalue weighted by Crippen LogP contribution is -1.98. The van der Waals surface area contributed by atoms with Gasteiger partial charge in [-0.25, -0.2) is 0 Å². The molecule has 2 rings (SSSR count). The van der Waals surface area contributed by atoms with Crippen molar-refractivity contribution in [3.05, 3.63) is 65.2 Å². The van der Waals surface area contributed by atoms with Gasteiger partial charge >= 0.3 is 0 Å². The molecule has 0 heterocycles. The molecule has 3 heteroatoms. The minimum absolute atomic E-state index is 0.124. The van der Waals surface area contributed by atoms with Crippen LogP contribution in [-0.2, 0) is 0 Å². The van der Waals surface area contributed by atoms with Crippen LogP contribution in [0.4, 0.5) is 0 Å². The molecule has 0 spiro atoms. The smallest absolute Gasteiger partial charge is 0.189 e. The van der Waals surface area contributed by atoms with E-state index in [0.29, 0.717) is 5.75 Å². The van der Waals surface area contributed by atoms with Crippen LogP contribution in [0.25, 0.3) is 6.08 Å². The molecule has 0 aliphatic heterocycles. The summed E-state index contributed by atoms with van der Waals surface area (Å²) in [6.07, 6.45) is 3.17. The van der Waals surface area contributed by atoms with Crippen molar-refractivity contribution < 1.29 is 14.6 Å². The third-order valence-corrected chi connectivity index (χ3v) is 2.93. The lowest BCUT2D eigenvalue weighted by atomic mass is 10.0. The fraction of sp³-hybridized carbons (Fsp3) is 0.118. The Hall–Kier alpha value is -2.55. The van der Waals surface area contributed by atoms with Gasteiger partial charge in [-0.05, 0) is 36.3 Å². The predicted molar refractivity (Wildman–Crippen MR) is 79.2 cm³/mol. The molecule has 0 fully saturated rings. The lowest BCUT2D eigenvalue weighted by molar-refractivity contribution is 0.104. The summed E-state index contributed by atoms with van der Waals surface area (Å²) >= 11 is 0. The Bertz CT molecular complexity index is 643. The first-order chi connectivity index (χ1) is 9.61. The van der Waals surface area contributed by atoms with Gasteiger partial charge in [-0.3, -0.25) is 4.79 Å². The molecule has 0 saturated heterocycles. The molecule has 3 nitrogen and oxygen atoms in total. The summed E-state index contributed by atoms with van der Waals surface area (Å²) < 4.78 is 5.05. The first-order valence-electron chi connectivity index (χ1n) is 6.27. The molecule has 0 aliphatic rings. The molecule has 0 radical (unpaired) electrons. The summed E-state index contributed by atoms with van der Waals surface area (Å²) in [5.74, 6) is -0.0735. The maximum Gasteiger partial charge on any atom is 0.189 e. The molecule has 20 heavy (non-hydrogen) atoms. The molecule has 0 bridgehead atoms. The van der Waals surface area contributed by atoms with Crippen LogP contribution >= 0.6 is 0 Å². The zero-order chi connectivity index (χ0) is 14.5. The number of aryl methyl sites for hydroxylation is 1. The van der Waals surface area contributed by atoms with E-state index in [1.54, 1.807) is 18.2 Å². The Morgan fingerprint density at radius 2 is 1.90 bits per heavy atom. The number of methoxy groups -OCH3 is 1. The molecular weight excluding hydrogens is 252 g/mol. The topological polar surface area (TPSA) is 46.5 Å². The monoisotopic (exact) mass is 268 g/mol. The van der Waals surface area contributed by atoms with Crippen LogP contribution in [0.3, 0.4) is 0 Å².